The lowest BCUT2D eigenvalue weighted by Crippen LogP contribution is -2.44. The van der Waals surface area contributed by atoms with E-state index >= 15 is 0 Å². The van der Waals surface area contributed by atoms with E-state index in [4.69, 9.17) is 9.47 Å². The smallest absolute Gasteiger partial charge is 0.226 e. The summed E-state index contributed by atoms with van der Waals surface area (Å²) in [6.45, 7) is 8.76. The fourth-order valence-electron chi connectivity index (χ4n) is 4.06. The minimum atomic E-state index is 0.108. The fraction of sp³-hybridized carbons (Fsp3) is 0.500. The van der Waals surface area contributed by atoms with Gasteiger partial charge < -0.3 is 14.4 Å². The number of amides is 1. The third kappa shape index (κ3) is 5.72. The highest BCUT2D eigenvalue weighted by Gasteiger charge is 2.28. The van der Waals surface area contributed by atoms with E-state index in [-0.39, 0.29) is 5.92 Å². The van der Waals surface area contributed by atoms with Gasteiger partial charge in [0.2, 0.25) is 11.8 Å². The monoisotopic (exact) mass is 411 g/mol. The van der Waals surface area contributed by atoms with Gasteiger partial charge in [-0.25, -0.2) is 4.98 Å². The third-order valence-electron chi connectivity index (χ3n) is 5.67. The molecule has 1 saturated heterocycles. The second-order valence-corrected chi connectivity index (χ2v) is 7.69. The van der Waals surface area contributed by atoms with Crippen LogP contribution in [0.3, 0.4) is 0 Å². The first-order valence-electron chi connectivity index (χ1n) is 10.8. The number of pyridine rings is 1. The molecular weight excluding hydrogens is 378 g/mol. The molecule has 1 unspecified atom stereocenters. The molecule has 1 aromatic heterocycles. The molecule has 1 aromatic carbocycles. The van der Waals surface area contributed by atoms with E-state index in [0.29, 0.717) is 18.4 Å². The maximum Gasteiger partial charge on any atom is 0.226 e. The Bertz CT molecular complexity index is 823. The van der Waals surface area contributed by atoms with Crippen LogP contribution in [0.1, 0.15) is 37.8 Å². The number of ether oxygens (including phenoxy) is 2. The van der Waals surface area contributed by atoms with Gasteiger partial charge in [-0.05, 0) is 63.1 Å². The molecule has 1 aliphatic heterocycles. The van der Waals surface area contributed by atoms with Gasteiger partial charge in [-0.3, -0.25) is 9.69 Å². The van der Waals surface area contributed by atoms with Crippen LogP contribution in [-0.2, 0) is 17.9 Å². The van der Waals surface area contributed by atoms with E-state index in [1.165, 1.54) is 5.56 Å². The molecule has 0 bridgehead atoms. The SMILES string of the molecule is CCN(CC)C(=O)C1CCCN(Cc2cccc(OCc3cccnc3OC)c2)C1. The summed E-state index contributed by atoms with van der Waals surface area (Å²) in [5.74, 6) is 1.82. The fourth-order valence-corrected chi connectivity index (χ4v) is 4.06. The number of aromatic nitrogens is 1. The Morgan fingerprint density at radius 2 is 2.07 bits per heavy atom. The highest BCUT2D eigenvalue weighted by molar-refractivity contribution is 5.79. The average Bonchev–Trinajstić information content (AvgIpc) is 2.79. The topological polar surface area (TPSA) is 54.9 Å². The predicted octanol–water partition coefficient (Wildman–Crippen LogP) is 3.75. The minimum absolute atomic E-state index is 0.108. The van der Waals surface area contributed by atoms with Crippen LogP contribution in [0.4, 0.5) is 0 Å². The number of benzene rings is 1. The van der Waals surface area contributed by atoms with Gasteiger partial charge in [-0.2, -0.15) is 0 Å². The molecule has 30 heavy (non-hydrogen) atoms. The number of piperidine rings is 1. The van der Waals surface area contributed by atoms with Crippen molar-refractivity contribution < 1.29 is 14.3 Å². The first-order valence-corrected chi connectivity index (χ1v) is 10.8. The Labute approximate surface area is 179 Å². The first kappa shape index (κ1) is 22.1. The van der Waals surface area contributed by atoms with Gasteiger partial charge in [0, 0.05) is 32.4 Å². The van der Waals surface area contributed by atoms with Crippen molar-refractivity contribution in [1.29, 1.82) is 0 Å². The summed E-state index contributed by atoms with van der Waals surface area (Å²) in [7, 11) is 1.61. The molecule has 0 aliphatic carbocycles. The molecule has 6 nitrogen and oxygen atoms in total. The van der Waals surface area contributed by atoms with Crippen LogP contribution in [0.15, 0.2) is 42.6 Å². The van der Waals surface area contributed by atoms with Gasteiger partial charge in [-0.15, -0.1) is 0 Å². The molecule has 0 N–H and O–H groups in total. The van der Waals surface area contributed by atoms with E-state index in [9.17, 15) is 4.79 Å². The summed E-state index contributed by atoms with van der Waals surface area (Å²) in [6.07, 6.45) is 3.76. The Balaban J connectivity index is 1.58. The summed E-state index contributed by atoms with van der Waals surface area (Å²) in [6, 6.07) is 12.0. The molecule has 1 atom stereocenters. The lowest BCUT2D eigenvalue weighted by atomic mass is 9.96. The molecule has 0 spiro atoms. The van der Waals surface area contributed by atoms with Gasteiger partial charge in [0.1, 0.15) is 12.4 Å². The molecular formula is C24H33N3O3. The van der Waals surface area contributed by atoms with Crippen molar-refractivity contribution >= 4 is 5.91 Å². The number of rotatable bonds is 9. The maximum absolute atomic E-state index is 12.7. The van der Waals surface area contributed by atoms with Crippen molar-refractivity contribution in [3.8, 4) is 11.6 Å². The van der Waals surface area contributed by atoms with Crippen LogP contribution >= 0.6 is 0 Å². The molecule has 6 heteroatoms. The summed E-state index contributed by atoms with van der Waals surface area (Å²) < 4.78 is 11.3. The normalized spacial score (nSPS) is 16.8. The molecule has 0 radical (unpaired) electrons. The molecule has 1 fully saturated rings. The van der Waals surface area contributed by atoms with Crippen molar-refractivity contribution in [2.24, 2.45) is 5.92 Å². The van der Waals surface area contributed by atoms with Crippen molar-refractivity contribution in [2.45, 2.75) is 39.8 Å². The lowest BCUT2D eigenvalue weighted by Gasteiger charge is -2.34. The summed E-state index contributed by atoms with van der Waals surface area (Å²) >= 11 is 0. The van der Waals surface area contributed by atoms with Crippen molar-refractivity contribution in [1.82, 2.24) is 14.8 Å². The van der Waals surface area contributed by atoms with Crippen LogP contribution < -0.4 is 9.47 Å². The second-order valence-electron chi connectivity index (χ2n) is 7.69. The lowest BCUT2D eigenvalue weighted by molar-refractivity contribution is -0.137. The summed E-state index contributed by atoms with van der Waals surface area (Å²) in [4.78, 5) is 21.3. The van der Waals surface area contributed by atoms with E-state index < -0.39 is 0 Å². The molecule has 1 aliphatic rings. The van der Waals surface area contributed by atoms with Crippen molar-refractivity contribution in [3.63, 3.8) is 0 Å². The molecule has 3 rings (SSSR count). The number of carbonyl (C=O) groups is 1. The molecule has 2 aromatic rings. The molecule has 162 valence electrons. The van der Waals surface area contributed by atoms with Crippen LogP contribution in [0.25, 0.3) is 0 Å². The van der Waals surface area contributed by atoms with Crippen molar-refractivity contribution in [3.05, 3.63) is 53.7 Å². The quantitative estimate of drug-likeness (QED) is 0.629. The van der Waals surface area contributed by atoms with Crippen molar-refractivity contribution in [2.75, 3.05) is 33.3 Å². The number of hydrogen-bond acceptors (Lipinski definition) is 5. The Morgan fingerprint density at radius 1 is 1.23 bits per heavy atom. The minimum Gasteiger partial charge on any atom is -0.489 e. The van der Waals surface area contributed by atoms with Crippen LogP contribution in [0.2, 0.25) is 0 Å². The van der Waals surface area contributed by atoms with Gasteiger partial charge in [0.15, 0.2) is 0 Å². The number of carbonyl (C=O) groups excluding carboxylic acids is 1. The summed E-state index contributed by atoms with van der Waals surface area (Å²) in [5, 5.41) is 0. The Morgan fingerprint density at radius 3 is 2.83 bits per heavy atom. The van der Waals surface area contributed by atoms with E-state index in [2.05, 4.69) is 35.9 Å². The molecule has 2 heterocycles. The molecule has 0 saturated carbocycles. The zero-order valence-electron chi connectivity index (χ0n) is 18.3. The maximum atomic E-state index is 12.7. The van der Waals surface area contributed by atoms with E-state index in [0.717, 1.165) is 56.9 Å². The van der Waals surface area contributed by atoms with Gasteiger partial charge in [0.05, 0.1) is 18.6 Å². The largest absolute Gasteiger partial charge is 0.489 e. The number of nitrogens with zero attached hydrogens (tertiary/aromatic N) is 3. The van der Waals surface area contributed by atoms with E-state index in [1.807, 2.05) is 29.2 Å². The van der Waals surface area contributed by atoms with Gasteiger partial charge >= 0.3 is 0 Å². The van der Waals surface area contributed by atoms with E-state index in [1.54, 1.807) is 13.3 Å². The number of methoxy groups -OCH3 is 1. The zero-order chi connectivity index (χ0) is 21.3. The third-order valence-corrected chi connectivity index (χ3v) is 5.67. The van der Waals surface area contributed by atoms with Crippen LogP contribution in [-0.4, -0.2) is 54.0 Å². The first-order chi connectivity index (χ1) is 14.6. The average molecular weight is 412 g/mol. The standard InChI is InChI=1S/C24H33N3O3/c1-4-27(5-2)24(28)20-11-8-14-26(17-20)16-19-9-6-12-22(15-19)30-18-21-10-7-13-25-23(21)29-3/h6-7,9-10,12-13,15,20H,4-5,8,11,14,16-18H2,1-3H3. The number of likely N-dealkylation sites (tertiary alicyclic amines) is 1. The number of hydrogen-bond donors (Lipinski definition) is 0. The summed E-state index contributed by atoms with van der Waals surface area (Å²) in [5.41, 5.74) is 2.11. The molecule has 1 amide bonds. The second kappa shape index (κ2) is 11.0. The van der Waals surface area contributed by atoms with Gasteiger partial charge in [-0.1, -0.05) is 12.1 Å². The zero-order valence-corrected chi connectivity index (χ0v) is 18.3. The van der Waals surface area contributed by atoms with Crippen LogP contribution in [0.5, 0.6) is 11.6 Å². The Kier molecular flexibility index (Phi) is 8.08. The van der Waals surface area contributed by atoms with Gasteiger partial charge in [0.25, 0.3) is 0 Å². The highest BCUT2D eigenvalue weighted by atomic mass is 16.5. The van der Waals surface area contributed by atoms with Crippen LogP contribution in [0, 0.1) is 5.92 Å². The highest BCUT2D eigenvalue weighted by Crippen LogP contribution is 2.23. The Hall–Kier alpha value is -2.60. The predicted molar refractivity (Wildman–Crippen MR) is 117 cm³/mol.